The van der Waals surface area contributed by atoms with Gasteiger partial charge in [-0.3, -0.25) is 4.99 Å². The van der Waals surface area contributed by atoms with Gasteiger partial charge in [0.25, 0.3) is 0 Å². The molecule has 0 aliphatic carbocycles. The lowest BCUT2D eigenvalue weighted by molar-refractivity contribution is -0.274. The molecular weight excluding hydrogens is 473 g/mol. The van der Waals surface area contributed by atoms with Gasteiger partial charge in [0.05, 0.1) is 12.3 Å². The number of ether oxygens (including phenoxy) is 2. The van der Waals surface area contributed by atoms with Crippen LogP contribution in [0.15, 0.2) is 47.0 Å². The zero-order valence-corrected chi connectivity index (χ0v) is 21.4. The van der Waals surface area contributed by atoms with E-state index in [2.05, 4.69) is 15.0 Å². The highest BCUT2D eigenvalue weighted by Crippen LogP contribution is 2.37. The van der Waals surface area contributed by atoms with Crippen LogP contribution in [0.3, 0.4) is 0 Å². The third-order valence-corrected chi connectivity index (χ3v) is 5.25. The molecule has 0 aromatic heterocycles. The highest BCUT2D eigenvalue weighted by atomic mass is 19.4. The first-order valence-corrected chi connectivity index (χ1v) is 11.5. The number of allylic oxidation sites excluding steroid dienone is 2. The molecule has 0 heterocycles. The maximum atomic E-state index is 12.6. The number of amides is 1. The van der Waals surface area contributed by atoms with Crippen LogP contribution in [-0.4, -0.2) is 29.4 Å². The molecule has 0 aliphatic heterocycles. The van der Waals surface area contributed by atoms with Crippen LogP contribution in [0.1, 0.15) is 57.7 Å². The average Bonchev–Trinajstić information content (AvgIpc) is 2.77. The predicted octanol–water partition coefficient (Wildman–Crippen LogP) is 7.14. The number of halogens is 3. The lowest BCUT2D eigenvalue weighted by Crippen LogP contribution is -2.32. The van der Waals surface area contributed by atoms with Gasteiger partial charge in [0.15, 0.2) is 0 Å². The van der Waals surface area contributed by atoms with Gasteiger partial charge in [-0.05, 0) is 87.6 Å². The zero-order chi connectivity index (χ0) is 27.1. The van der Waals surface area contributed by atoms with Crippen molar-refractivity contribution in [3.63, 3.8) is 0 Å². The van der Waals surface area contributed by atoms with Gasteiger partial charge in [-0.25, -0.2) is 4.79 Å². The first kappa shape index (κ1) is 28.9. The largest absolute Gasteiger partial charge is 0.573 e. The molecule has 0 spiro atoms. The van der Waals surface area contributed by atoms with Gasteiger partial charge in [-0.1, -0.05) is 24.6 Å². The van der Waals surface area contributed by atoms with Gasteiger partial charge in [0, 0.05) is 18.3 Å². The van der Waals surface area contributed by atoms with E-state index in [4.69, 9.17) is 4.74 Å². The quantitative estimate of drug-likeness (QED) is 0.373. The Kier molecular flexibility index (Phi) is 9.69. The van der Waals surface area contributed by atoms with E-state index in [0.717, 1.165) is 17.6 Å². The minimum absolute atomic E-state index is 0.0553. The molecule has 0 saturated carbocycles. The van der Waals surface area contributed by atoms with E-state index >= 15 is 0 Å². The molecule has 0 atom stereocenters. The Morgan fingerprint density at radius 2 is 1.81 bits per heavy atom. The second-order valence-corrected chi connectivity index (χ2v) is 9.27. The normalized spacial score (nSPS) is 12.7. The second-order valence-electron chi connectivity index (χ2n) is 9.27. The number of benzene rings is 2. The van der Waals surface area contributed by atoms with Crippen LogP contribution < -0.4 is 10.1 Å². The molecular formula is C27H33F3N2O4. The molecule has 0 unspecified atom stereocenters. The van der Waals surface area contributed by atoms with Gasteiger partial charge in [-0.2, -0.15) is 0 Å². The standard InChI is InChI=1S/C27H33F3N2O4/c1-7-17(2)12-13-31-24-18(3)22(19-8-10-21(11-9-19)35-27(28,29)30)14-20(23(24)16-33)15-32-25(34)36-26(4,5)6/h8-14,33H,7,15-16H2,1-6H3,(H,32,34)/b17-12+,31-13?. The maximum absolute atomic E-state index is 12.6. The molecule has 2 aromatic rings. The molecule has 0 bridgehead atoms. The Hall–Kier alpha value is -3.33. The molecule has 2 N–H and O–H groups in total. The highest BCUT2D eigenvalue weighted by Gasteiger charge is 2.31. The number of rotatable bonds is 8. The molecule has 196 valence electrons. The minimum atomic E-state index is -4.78. The number of alkyl carbamates (subject to hydrolysis) is 1. The van der Waals surface area contributed by atoms with Crippen molar-refractivity contribution in [2.45, 2.75) is 73.1 Å². The van der Waals surface area contributed by atoms with Crippen LogP contribution in [0.2, 0.25) is 0 Å². The molecule has 36 heavy (non-hydrogen) atoms. The van der Waals surface area contributed by atoms with E-state index in [9.17, 15) is 23.1 Å². The van der Waals surface area contributed by atoms with E-state index in [1.807, 2.05) is 26.8 Å². The Labute approximate surface area is 209 Å². The average molecular weight is 507 g/mol. The first-order valence-electron chi connectivity index (χ1n) is 11.5. The summed E-state index contributed by atoms with van der Waals surface area (Å²) < 4.78 is 47.0. The maximum Gasteiger partial charge on any atom is 0.573 e. The number of aliphatic imine (C=N–C) groups is 1. The van der Waals surface area contributed by atoms with Gasteiger partial charge in [-0.15, -0.1) is 13.2 Å². The second kappa shape index (κ2) is 12.1. The van der Waals surface area contributed by atoms with Crippen LogP contribution >= 0.6 is 0 Å². The lowest BCUT2D eigenvalue weighted by atomic mass is 9.92. The summed E-state index contributed by atoms with van der Waals surface area (Å²) in [6.07, 6.45) is -1.03. The van der Waals surface area contributed by atoms with Crippen molar-refractivity contribution < 1.29 is 32.5 Å². The van der Waals surface area contributed by atoms with Crippen LogP contribution in [0.5, 0.6) is 5.75 Å². The molecule has 0 saturated heterocycles. The van der Waals surface area contributed by atoms with E-state index in [-0.39, 0.29) is 18.9 Å². The molecule has 2 rings (SSSR count). The summed E-state index contributed by atoms with van der Waals surface area (Å²) in [7, 11) is 0. The number of hydrogen-bond donors (Lipinski definition) is 2. The topological polar surface area (TPSA) is 80.2 Å². The summed E-state index contributed by atoms with van der Waals surface area (Å²) in [6.45, 7) is 10.8. The van der Waals surface area contributed by atoms with E-state index in [1.54, 1.807) is 33.1 Å². The summed E-state index contributed by atoms with van der Waals surface area (Å²) in [5.41, 5.74) is 4.13. The van der Waals surface area contributed by atoms with Crippen molar-refractivity contribution in [1.82, 2.24) is 5.32 Å². The van der Waals surface area contributed by atoms with Gasteiger partial charge in [0.2, 0.25) is 0 Å². The van der Waals surface area contributed by atoms with Crippen molar-refractivity contribution >= 4 is 18.0 Å². The number of hydrogen-bond acceptors (Lipinski definition) is 5. The SMILES string of the molecule is CC/C(C)=C/C=Nc1c(C)c(-c2ccc(OC(F)(F)F)cc2)cc(CNC(=O)OC(C)(C)C)c1CO. The molecule has 9 heteroatoms. The van der Waals surface area contributed by atoms with Crippen molar-refractivity contribution in [1.29, 1.82) is 0 Å². The fourth-order valence-electron chi connectivity index (χ4n) is 3.36. The van der Waals surface area contributed by atoms with Gasteiger partial charge in [0.1, 0.15) is 11.4 Å². The fraction of sp³-hybridized carbons (Fsp3) is 0.407. The van der Waals surface area contributed by atoms with Crippen LogP contribution in [-0.2, 0) is 17.9 Å². The molecule has 1 amide bonds. The van der Waals surface area contributed by atoms with Crippen molar-refractivity contribution in [2.75, 3.05) is 0 Å². The summed E-state index contributed by atoms with van der Waals surface area (Å²) in [4.78, 5) is 16.8. The Balaban J connectivity index is 2.55. The van der Waals surface area contributed by atoms with Gasteiger partial charge < -0.3 is 19.9 Å². The number of aliphatic hydroxyl groups is 1. The van der Waals surface area contributed by atoms with Crippen LogP contribution in [0, 0.1) is 6.92 Å². The van der Waals surface area contributed by atoms with Crippen molar-refractivity contribution in [2.24, 2.45) is 4.99 Å². The number of nitrogens with one attached hydrogen (secondary N) is 1. The van der Waals surface area contributed by atoms with Crippen LogP contribution in [0.25, 0.3) is 11.1 Å². The number of nitrogens with zero attached hydrogens (tertiary/aromatic N) is 1. The number of carbonyl (C=O) groups is 1. The fourth-order valence-corrected chi connectivity index (χ4v) is 3.36. The molecule has 0 aliphatic rings. The summed E-state index contributed by atoms with van der Waals surface area (Å²) in [5.74, 6) is -0.332. The van der Waals surface area contributed by atoms with Crippen LogP contribution in [0.4, 0.5) is 23.7 Å². The molecule has 0 radical (unpaired) electrons. The molecule has 6 nitrogen and oxygen atoms in total. The molecule has 2 aromatic carbocycles. The third-order valence-electron chi connectivity index (χ3n) is 5.25. The Morgan fingerprint density at radius 1 is 1.17 bits per heavy atom. The predicted molar refractivity (Wildman–Crippen MR) is 134 cm³/mol. The van der Waals surface area contributed by atoms with Gasteiger partial charge >= 0.3 is 12.5 Å². The summed E-state index contributed by atoms with van der Waals surface area (Å²) >= 11 is 0. The lowest BCUT2D eigenvalue weighted by Gasteiger charge is -2.21. The van der Waals surface area contributed by atoms with Crippen molar-refractivity contribution in [3.8, 4) is 16.9 Å². The van der Waals surface area contributed by atoms with E-state index in [1.165, 1.54) is 24.3 Å². The Bertz CT molecular complexity index is 1120. The third kappa shape index (κ3) is 8.71. The molecule has 0 fully saturated rings. The summed E-state index contributed by atoms with van der Waals surface area (Å²) in [6, 6.07) is 7.28. The first-order chi connectivity index (χ1) is 16.7. The zero-order valence-electron chi connectivity index (χ0n) is 21.4. The smallest absolute Gasteiger partial charge is 0.444 e. The van der Waals surface area contributed by atoms with E-state index in [0.29, 0.717) is 27.9 Å². The Morgan fingerprint density at radius 3 is 2.33 bits per heavy atom. The monoisotopic (exact) mass is 506 g/mol. The number of carbonyl (C=O) groups excluding carboxylic acids is 1. The minimum Gasteiger partial charge on any atom is -0.444 e. The summed E-state index contributed by atoms with van der Waals surface area (Å²) in [5, 5.41) is 12.9. The highest BCUT2D eigenvalue weighted by molar-refractivity contribution is 5.82. The van der Waals surface area contributed by atoms with E-state index < -0.39 is 18.1 Å². The number of alkyl halides is 3. The van der Waals surface area contributed by atoms with Crippen molar-refractivity contribution in [3.05, 3.63) is 58.7 Å². The number of aliphatic hydroxyl groups excluding tert-OH is 1.